The molecule has 5 aromatic rings. The Bertz CT molecular complexity index is 1580. The molecule has 0 bridgehead atoms. The van der Waals surface area contributed by atoms with Crippen molar-refractivity contribution in [3.05, 3.63) is 101 Å². The number of hydrogen-bond donors (Lipinski definition) is 1. The number of aromatic nitrogens is 4. The Morgan fingerprint density at radius 1 is 0.972 bits per heavy atom. The van der Waals surface area contributed by atoms with E-state index in [1.54, 1.807) is 6.33 Å². The van der Waals surface area contributed by atoms with Crippen LogP contribution in [0.5, 0.6) is 5.75 Å². The second kappa shape index (κ2) is 8.48. The molecule has 2 aliphatic rings. The van der Waals surface area contributed by atoms with E-state index in [0.29, 0.717) is 12.5 Å². The van der Waals surface area contributed by atoms with Gasteiger partial charge in [-0.1, -0.05) is 42.5 Å². The van der Waals surface area contributed by atoms with Gasteiger partial charge in [-0.3, -0.25) is 0 Å². The average molecular weight is 474 g/mol. The largest absolute Gasteiger partial charge is 0.491 e. The number of anilines is 1. The summed E-state index contributed by atoms with van der Waals surface area (Å²) in [6, 6.07) is 23.7. The van der Waals surface area contributed by atoms with Crippen molar-refractivity contribution < 1.29 is 4.74 Å². The number of aryl methyl sites for hydroxylation is 2. The number of imidazole rings is 1. The highest BCUT2D eigenvalue weighted by Gasteiger charge is 2.31. The molecule has 0 saturated carbocycles. The lowest BCUT2D eigenvalue weighted by molar-refractivity contribution is 0.331. The normalized spacial score (nSPS) is 16.9. The molecule has 2 aromatic heterocycles. The van der Waals surface area contributed by atoms with Crippen LogP contribution in [0.2, 0.25) is 0 Å². The van der Waals surface area contributed by atoms with Crippen LogP contribution in [0.4, 0.5) is 5.82 Å². The molecule has 3 heterocycles. The molecule has 1 aliphatic heterocycles. The molecule has 6 heteroatoms. The second-order valence-corrected chi connectivity index (χ2v) is 9.71. The molecule has 36 heavy (non-hydrogen) atoms. The van der Waals surface area contributed by atoms with Crippen LogP contribution in [0.15, 0.2) is 73.1 Å². The first-order valence-corrected chi connectivity index (χ1v) is 12.6. The fourth-order valence-electron chi connectivity index (χ4n) is 5.75. The SMILES string of the molecule is Cc1nc2ccc(-c3ccc4c(c3)CN(c3ncnc5c3C(c3ccccc3)CC5)CCO4)cc2[nH]1. The summed E-state index contributed by atoms with van der Waals surface area (Å²) in [6.07, 6.45) is 3.79. The maximum Gasteiger partial charge on any atom is 0.136 e. The topological polar surface area (TPSA) is 66.9 Å². The number of fused-ring (bicyclic) bond motifs is 3. The number of aromatic amines is 1. The van der Waals surface area contributed by atoms with E-state index in [2.05, 4.69) is 86.6 Å². The Labute approximate surface area is 210 Å². The van der Waals surface area contributed by atoms with Gasteiger partial charge in [-0.25, -0.2) is 15.0 Å². The van der Waals surface area contributed by atoms with Crippen LogP contribution < -0.4 is 9.64 Å². The number of benzene rings is 3. The van der Waals surface area contributed by atoms with Gasteiger partial charge in [0.05, 0.1) is 17.6 Å². The first kappa shape index (κ1) is 21.1. The molecule has 0 spiro atoms. The lowest BCUT2D eigenvalue weighted by Gasteiger charge is -2.25. The molecule has 1 atom stereocenters. The summed E-state index contributed by atoms with van der Waals surface area (Å²) in [4.78, 5) is 19.8. The number of hydrogen-bond acceptors (Lipinski definition) is 5. The van der Waals surface area contributed by atoms with Crippen molar-refractivity contribution in [2.75, 3.05) is 18.1 Å². The van der Waals surface area contributed by atoms with Gasteiger partial charge in [0, 0.05) is 29.3 Å². The number of H-pyrrole nitrogens is 1. The third kappa shape index (κ3) is 3.61. The summed E-state index contributed by atoms with van der Waals surface area (Å²) in [5, 5.41) is 0. The van der Waals surface area contributed by atoms with E-state index in [1.807, 2.05) is 6.92 Å². The standard InChI is InChI=1S/C30H27N5O/c1-19-33-25-10-7-22(16-27(25)34-19)21-8-12-28-23(15-21)17-35(13-14-36-28)30-29-24(20-5-3-2-4-6-20)9-11-26(29)31-18-32-30/h2-8,10,12,15-16,18,24H,9,11,13-14,17H2,1H3,(H,33,34). The third-order valence-corrected chi connectivity index (χ3v) is 7.44. The van der Waals surface area contributed by atoms with Crippen molar-refractivity contribution >= 4 is 16.9 Å². The van der Waals surface area contributed by atoms with E-state index >= 15 is 0 Å². The second-order valence-electron chi connectivity index (χ2n) is 9.71. The van der Waals surface area contributed by atoms with Crippen LogP contribution >= 0.6 is 0 Å². The van der Waals surface area contributed by atoms with Crippen LogP contribution in [-0.4, -0.2) is 33.1 Å². The van der Waals surface area contributed by atoms with E-state index in [0.717, 1.165) is 59.9 Å². The molecule has 0 radical (unpaired) electrons. The van der Waals surface area contributed by atoms with Gasteiger partial charge >= 0.3 is 0 Å². The number of ether oxygens (including phenoxy) is 1. The highest BCUT2D eigenvalue weighted by atomic mass is 16.5. The van der Waals surface area contributed by atoms with Crippen LogP contribution in [0.3, 0.4) is 0 Å². The summed E-state index contributed by atoms with van der Waals surface area (Å²) in [5.74, 6) is 3.25. The minimum Gasteiger partial charge on any atom is -0.491 e. The predicted octanol–water partition coefficient (Wildman–Crippen LogP) is 5.81. The monoisotopic (exact) mass is 473 g/mol. The molecule has 7 rings (SSSR count). The molecular formula is C30H27N5O. The van der Waals surface area contributed by atoms with Crippen molar-refractivity contribution in [2.45, 2.75) is 32.2 Å². The Kier molecular flexibility index (Phi) is 4.98. The molecule has 3 aromatic carbocycles. The van der Waals surface area contributed by atoms with Gasteiger partial charge in [0.1, 0.15) is 30.3 Å². The molecule has 178 valence electrons. The van der Waals surface area contributed by atoms with E-state index in [1.165, 1.54) is 27.9 Å². The lowest BCUT2D eigenvalue weighted by atomic mass is 9.93. The fraction of sp³-hybridized carbons (Fsp3) is 0.233. The van der Waals surface area contributed by atoms with Gasteiger partial charge < -0.3 is 14.6 Å². The molecule has 0 amide bonds. The van der Waals surface area contributed by atoms with Crippen molar-refractivity contribution in [2.24, 2.45) is 0 Å². The van der Waals surface area contributed by atoms with Crippen LogP contribution in [-0.2, 0) is 13.0 Å². The summed E-state index contributed by atoms with van der Waals surface area (Å²) < 4.78 is 6.19. The van der Waals surface area contributed by atoms with Gasteiger partial charge in [-0.05, 0) is 60.7 Å². The minimum atomic E-state index is 0.331. The van der Waals surface area contributed by atoms with Gasteiger partial charge in [0.15, 0.2) is 0 Å². The van der Waals surface area contributed by atoms with E-state index in [9.17, 15) is 0 Å². The van der Waals surface area contributed by atoms with Crippen molar-refractivity contribution in [3.8, 4) is 16.9 Å². The average Bonchev–Trinajstić information content (AvgIpc) is 3.44. The number of rotatable bonds is 3. The molecule has 0 saturated heterocycles. The maximum absolute atomic E-state index is 6.19. The summed E-state index contributed by atoms with van der Waals surface area (Å²) in [5.41, 5.74) is 9.35. The first-order chi connectivity index (χ1) is 17.7. The third-order valence-electron chi connectivity index (χ3n) is 7.44. The highest BCUT2D eigenvalue weighted by molar-refractivity contribution is 5.82. The molecule has 1 unspecified atom stereocenters. The van der Waals surface area contributed by atoms with E-state index < -0.39 is 0 Å². The summed E-state index contributed by atoms with van der Waals surface area (Å²) in [7, 11) is 0. The number of nitrogens with zero attached hydrogens (tertiary/aromatic N) is 4. The molecule has 6 nitrogen and oxygen atoms in total. The Hall–Kier alpha value is -4.19. The number of nitrogens with one attached hydrogen (secondary N) is 1. The van der Waals surface area contributed by atoms with Gasteiger partial charge in [0.2, 0.25) is 0 Å². The molecule has 0 fully saturated rings. The van der Waals surface area contributed by atoms with Crippen molar-refractivity contribution in [1.29, 1.82) is 0 Å². The Balaban J connectivity index is 1.25. The summed E-state index contributed by atoms with van der Waals surface area (Å²) >= 11 is 0. The molecule has 1 N–H and O–H groups in total. The zero-order chi connectivity index (χ0) is 24.1. The van der Waals surface area contributed by atoms with Crippen LogP contribution in [0.25, 0.3) is 22.2 Å². The van der Waals surface area contributed by atoms with E-state index in [4.69, 9.17) is 9.72 Å². The molecular weight excluding hydrogens is 446 g/mol. The Morgan fingerprint density at radius 2 is 1.83 bits per heavy atom. The van der Waals surface area contributed by atoms with Gasteiger partial charge in [0.25, 0.3) is 0 Å². The van der Waals surface area contributed by atoms with Gasteiger partial charge in [-0.2, -0.15) is 0 Å². The van der Waals surface area contributed by atoms with Gasteiger partial charge in [-0.15, -0.1) is 0 Å². The predicted molar refractivity (Wildman–Crippen MR) is 141 cm³/mol. The summed E-state index contributed by atoms with van der Waals surface area (Å²) in [6.45, 7) is 4.15. The zero-order valence-corrected chi connectivity index (χ0v) is 20.2. The van der Waals surface area contributed by atoms with E-state index in [-0.39, 0.29) is 0 Å². The zero-order valence-electron chi connectivity index (χ0n) is 20.2. The van der Waals surface area contributed by atoms with Crippen molar-refractivity contribution in [1.82, 2.24) is 19.9 Å². The first-order valence-electron chi connectivity index (χ1n) is 12.6. The van der Waals surface area contributed by atoms with Crippen molar-refractivity contribution in [3.63, 3.8) is 0 Å². The maximum atomic E-state index is 6.19. The smallest absolute Gasteiger partial charge is 0.136 e. The molecule has 1 aliphatic carbocycles. The quantitative estimate of drug-likeness (QED) is 0.358. The Morgan fingerprint density at radius 3 is 2.75 bits per heavy atom. The fourth-order valence-corrected chi connectivity index (χ4v) is 5.75. The minimum absolute atomic E-state index is 0.331. The van der Waals surface area contributed by atoms with Crippen LogP contribution in [0.1, 0.15) is 40.5 Å². The highest BCUT2D eigenvalue weighted by Crippen LogP contribution is 2.42. The lowest BCUT2D eigenvalue weighted by Crippen LogP contribution is -2.28. The van der Waals surface area contributed by atoms with Crippen LogP contribution in [0, 0.1) is 6.92 Å².